The molecule has 1 fully saturated rings. The van der Waals surface area contributed by atoms with E-state index in [-0.39, 0.29) is 17.4 Å². The zero-order chi connectivity index (χ0) is 18.6. The minimum absolute atomic E-state index is 0.0684. The minimum Gasteiger partial charge on any atom is -0.343 e. The fraction of sp³-hybridized carbons (Fsp3) is 0.600. The average Bonchev–Trinajstić information content (AvgIpc) is 3.01. The summed E-state index contributed by atoms with van der Waals surface area (Å²) in [5.74, 6) is 0.485. The number of likely N-dealkylation sites (tertiary alicyclic amines) is 1. The molecule has 1 aromatic carbocycles. The first kappa shape index (κ1) is 19.3. The molecular formula is C20H31N3O2. The molecule has 1 heterocycles. The van der Waals surface area contributed by atoms with E-state index in [0.717, 1.165) is 25.1 Å². The second kappa shape index (κ2) is 7.89. The van der Waals surface area contributed by atoms with E-state index in [1.807, 2.05) is 11.9 Å². The lowest BCUT2D eigenvalue weighted by Crippen LogP contribution is -2.40. The van der Waals surface area contributed by atoms with Crippen LogP contribution >= 0.6 is 0 Å². The van der Waals surface area contributed by atoms with E-state index in [9.17, 15) is 9.59 Å². The summed E-state index contributed by atoms with van der Waals surface area (Å²) in [6.07, 6.45) is 0.964. The summed E-state index contributed by atoms with van der Waals surface area (Å²) in [6.45, 7) is 10.9. The maximum atomic E-state index is 12.3. The van der Waals surface area contributed by atoms with Gasteiger partial charge in [0.05, 0.1) is 0 Å². The third kappa shape index (κ3) is 5.48. The van der Waals surface area contributed by atoms with Crippen molar-refractivity contribution < 1.29 is 9.59 Å². The Hall–Kier alpha value is -2.04. The molecule has 1 unspecified atom stereocenters. The first-order valence-corrected chi connectivity index (χ1v) is 9.00. The highest BCUT2D eigenvalue weighted by molar-refractivity contribution is 5.74. The van der Waals surface area contributed by atoms with E-state index in [1.54, 1.807) is 11.8 Å². The van der Waals surface area contributed by atoms with Crippen molar-refractivity contribution in [2.45, 2.75) is 46.1 Å². The van der Waals surface area contributed by atoms with Crippen LogP contribution in [0.15, 0.2) is 24.3 Å². The number of nitrogens with one attached hydrogen (secondary N) is 1. The number of nitrogens with zero attached hydrogens (tertiary/aromatic N) is 2. The van der Waals surface area contributed by atoms with Gasteiger partial charge in [0.15, 0.2) is 0 Å². The summed E-state index contributed by atoms with van der Waals surface area (Å²) in [4.78, 5) is 27.2. The monoisotopic (exact) mass is 345 g/mol. The van der Waals surface area contributed by atoms with Crippen LogP contribution in [0.25, 0.3) is 0 Å². The molecule has 0 aliphatic carbocycles. The number of hydrogen-bond donors (Lipinski definition) is 1. The van der Waals surface area contributed by atoms with Gasteiger partial charge in [0.25, 0.3) is 0 Å². The Bertz CT molecular complexity index is 604. The van der Waals surface area contributed by atoms with Crippen LogP contribution < -0.4 is 5.32 Å². The normalized spacial score (nSPS) is 17.5. The highest BCUT2D eigenvalue weighted by Gasteiger charge is 2.26. The summed E-state index contributed by atoms with van der Waals surface area (Å²) in [7, 11) is 1.81. The van der Waals surface area contributed by atoms with Gasteiger partial charge in [-0.15, -0.1) is 0 Å². The van der Waals surface area contributed by atoms with E-state index in [0.29, 0.717) is 19.0 Å². The molecule has 138 valence electrons. The Labute approximate surface area is 151 Å². The van der Waals surface area contributed by atoms with Crippen molar-refractivity contribution in [3.05, 3.63) is 35.4 Å². The Morgan fingerprint density at radius 1 is 1.24 bits per heavy atom. The molecule has 5 nitrogen and oxygen atoms in total. The molecule has 1 aliphatic heterocycles. The molecule has 1 saturated heterocycles. The number of carbonyl (C=O) groups is 2. The number of urea groups is 1. The number of benzene rings is 1. The van der Waals surface area contributed by atoms with E-state index >= 15 is 0 Å². The van der Waals surface area contributed by atoms with Crippen molar-refractivity contribution in [3.8, 4) is 0 Å². The molecule has 1 atom stereocenters. The largest absolute Gasteiger partial charge is 0.343 e. The van der Waals surface area contributed by atoms with Gasteiger partial charge in [-0.05, 0) is 28.9 Å². The van der Waals surface area contributed by atoms with E-state index in [1.165, 1.54) is 5.56 Å². The average molecular weight is 345 g/mol. The number of rotatable bonds is 4. The lowest BCUT2D eigenvalue weighted by molar-refractivity contribution is -0.127. The second-order valence-corrected chi connectivity index (χ2v) is 8.11. The summed E-state index contributed by atoms with van der Waals surface area (Å²) in [5.41, 5.74) is 2.52. The van der Waals surface area contributed by atoms with E-state index in [4.69, 9.17) is 0 Å². The van der Waals surface area contributed by atoms with Crippen LogP contribution in [-0.2, 0) is 16.8 Å². The van der Waals surface area contributed by atoms with Gasteiger partial charge in [0.2, 0.25) is 5.91 Å². The third-order valence-electron chi connectivity index (χ3n) is 4.87. The Morgan fingerprint density at radius 3 is 2.40 bits per heavy atom. The molecule has 0 radical (unpaired) electrons. The standard InChI is InChI=1S/C20H31N3O2/c1-15(24)23-11-10-17(14-23)13-22(5)19(25)21-12-16-6-8-18(9-7-16)20(2,3)4/h6-9,17H,10-14H2,1-5H3,(H,21,25). The maximum absolute atomic E-state index is 12.3. The lowest BCUT2D eigenvalue weighted by Gasteiger charge is -2.22. The summed E-state index contributed by atoms with van der Waals surface area (Å²) in [6, 6.07) is 8.33. The molecule has 1 aliphatic rings. The van der Waals surface area contributed by atoms with E-state index < -0.39 is 0 Å². The van der Waals surface area contributed by atoms with Crippen LogP contribution in [0.4, 0.5) is 4.79 Å². The summed E-state index contributed by atoms with van der Waals surface area (Å²) < 4.78 is 0. The van der Waals surface area contributed by atoms with E-state index in [2.05, 4.69) is 50.4 Å². The molecule has 1 aromatic rings. The van der Waals surface area contributed by atoms with Crippen molar-refractivity contribution in [2.24, 2.45) is 5.92 Å². The Balaban J connectivity index is 1.79. The zero-order valence-corrected chi connectivity index (χ0v) is 16.1. The Kier molecular flexibility index (Phi) is 6.09. The fourth-order valence-electron chi connectivity index (χ4n) is 3.17. The van der Waals surface area contributed by atoms with Crippen molar-refractivity contribution >= 4 is 11.9 Å². The molecule has 0 bridgehead atoms. The molecule has 3 amide bonds. The molecule has 0 spiro atoms. The summed E-state index contributed by atoms with van der Waals surface area (Å²) >= 11 is 0. The van der Waals surface area contributed by atoms with Crippen LogP contribution in [0, 0.1) is 5.92 Å². The van der Waals surface area contributed by atoms with Crippen molar-refractivity contribution in [2.75, 3.05) is 26.7 Å². The second-order valence-electron chi connectivity index (χ2n) is 8.11. The highest BCUT2D eigenvalue weighted by Crippen LogP contribution is 2.22. The number of hydrogen-bond acceptors (Lipinski definition) is 2. The fourth-order valence-corrected chi connectivity index (χ4v) is 3.17. The molecule has 2 rings (SSSR count). The topological polar surface area (TPSA) is 52.7 Å². The zero-order valence-electron chi connectivity index (χ0n) is 16.1. The van der Waals surface area contributed by atoms with Crippen LogP contribution in [0.1, 0.15) is 45.2 Å². The Morgan fingerprint density at radius 2 is 1.88 bits per heavy atom. The van der Waals surface area contributed by atoms with Crippen LogP contribution in [0.3, 0.4) is 0 Å². The van der Waals surface area contributed by atoms with Gasteiger partial charge in [-0.3, -0.25) is 4.79 Å². The number of amides is 3. The van der Waals surface area contributed by atoms with Gasteiger partial charge < -0.3 is 15.1 Å². The first-order valence-electron chi connectivity index (χ1n) is 9.00. The van der Waals surface area contributed by atoms with Gasteiger partial charge in [0.1, 0.15) is 0 Å². The van der Waals surface area contributed by atoms with Crippen LogP contribution in [0.2, 0.25) is 0 Å². The van der Waals surface area contributed by atoms with Gasteiger partial charge in [-0.25, -0.2) is 4.79 Å². The molecule has 0 saturated carbocycles. The maximum Gasteiger partial charge on any atom is 0.317 e. The predicted molar refractivity (Wildman–Crippen MR) is 100 cm³/mol. The van der Waals surface area contributed by atoms with Crippen molar-refractivity contribution in [3.63, 3.8) is 0 Å². The van der Waals surface area contributed by atoms with Gasteiger partial charge >= 0.3 is 6.03 Å². The molecule has 1 N–H and O–H groups in total. The minimum atomic E-state index is -0.0684. The molecule has 25 heavy (non-hydrogen) atoms. The molecular weight excluding hydrogens is 314 g/mol. The smallest absolute Gasteiger partial charge is 0.317 e. The van der Waals surface area contributed by atoms with Gasteiger partial charge in [-0.1, -0.05) is 45.0 Å². The highest BCUT2D eigenvalue weighted by atomic mass is 16.2. The third-order valence-corrected chi connectivity index (χ3v) is 4.87. The quantitative estimate of drug-likeness (QED) is 0.912. The van der Waals surface area contributed by atoms with Gasteiger partial charge in [-0.2, -0.15) is 0 Å². The van der Waals surface area contributed by atoms with Crippen molar-refractivity contribution in [1.29, 1.82) is 0 Å². The van der Waals surface area contributed by atoms with Crippen molar-refractivity contribution in [1.82, 2.24) is 15.1 Å². The SMILES string of the molecule is CC(=O)N1CCC(CN(C)C(=O)NCc2ccc(C(C)(C)C)cc2)C1. The lowest BCUT2D eigenvalue weighted by atomic mass is 9.87. The number of carbonyl (C=O) groups excluding carboxylic acids is 2. The van der Waals surface area contributed by atoms with Crippen LogP contribution in [0.5, 0.6) is 0 Å². The predicted octanol–water partition coefficient (Wildman–Crippen LogP) is 2.99. The molecule has 0 aromatic heterocycles. The summed E-state index contributed by atoms with van der Waals surface area (Å²) in [5, 5.41) is 2.97. The first-order chi connectivity index (χ1) is 11.7. The van der Waals surface area contributed by atoms with Crippen LogP contribution in [-0.4, -0.2) is 48.4 Å². The van der Waals surface area contributed by atoms with Gasteiger partial charge in [0, 0.05) is 40.2 Å². The molecule has 5 heteroatoms.